The number of aromatic amines is 1. The van der Waals surface area contributed by atoms with Gasteiger partial charge in [-0.15, -0.1) is 11.3 Å². The molecule has 0 fully saturated rings. The lowest BCUT2D eigenvalue weighted by atomic mass is 10.2. The first kappa shape index (κ1) is 16.5. The minimum absolute atomic E-state index is 0.207. The van der Waals surface area contributed by atoms with Gasteiger partial charge < -0.3 is 16.0 Å². The molecular weight excluding hydrogens is 344 g/mol. The Bertz CT molecular complexity index is 916. The number of carbonyl (C=O) groups excluding carboxylic acids is 2. The summed E-state index contributed by atoms with van der Waals surface area (Å²) in [7, 11) is 0. The summed E-state index contributed by atoms with van der Waals surface area (Å²) in [4.78, 5) is 31.3. The lowest BCUT2D eigenvalue weighted by Gasteiger charge is -2.10. The number of aromatic nitrogens is 2. The first-order chi connectivity index (χ1) is 11.4. The van der Waals surface area contributed by atoms with Gasteiger partial charge in [0.2, 0.25) is 5.91 Å². The van der Waals surface area contributed by atoms with E-state index in [1.54, 1.807) is 18.4 Å². The lowest BCUT2D eigenvalue weighted by Crippen LogP contribution is -2.23. The molecule has 0 bridgehead atoms. The lowest BCUT2D eigenvalue weighted by molar-refractivity contribution is -0.115. The van der Waals surface area contributed by atoms with Crippen molar-refractivity contribution in [1.82, 2.24) is 9.97 Å². The molecule has 24 heavy (non-hydrogen) atoms. The molecule has 1 atom stereocenters. The van der Waals surface area contributed by atoms with Crippen LogP contribution in [0.15, 0.2) is 34.8 Å². The zero-order valence-electron chi connectivity index (χ0n) is 13.1. The van der Waals surface area contributed by atoms with E-state index in [0.29, 0.717) is 15.7 Å². The van der Waals surface area contributed by atoms with Gasteiger partial charge in [0, 0.05) is 0 Å². The Morgan fingerprint density at radius 2 is 2.17 bits per heavy atom. The molecule has 3 aromatic rings. The number of primary amides is 1. The molecule has 2 amide bonds. The van der Waals surface area contributed by atoms with E-state index in [4.69, 9.17) is 5.73 Å². The van der Waals surface area contributed by atoms with Gasteiger partial charge in [0.1, 0.15) is 5.00 Å². The Morgan fingerprint density at radius 1 is 1.38 bits per heavy atom. The number of fused-ring (bicyclic) bond motifs is 1. The zero-order valence-corrected chi connectivity index (χ0v) is 14.8. The number of amides is 2. The van der Waals surface area contributed by atoms with Crippen molar-refractivity contribution in [3.8, 4) is 0 Å². The summed E-state index contributed by atoms with van der Waals surface area (Å²) in [6, 6.07) is 7.56. The number of imidazole rings is 1. The molecule has 0 aliphatic rings. The number of hydrogen-bond acceptors (Lipinski definition) is 5. The summed E-state index contributed by atoms with van der Waals surface area (Å²) >= 11 is 2.60. The number of H-pyrrole nitrogens is 1. The Labute approximate surface area is 146 Å². The van der Waals surface area contributed by atoms with Gasteiger partial charge >= 0.3 is 0 Å². The Hall–Kier alpha value is -2.32. The number of thioether (sulfide) groups is 1. The number of nitrogens with zero attached hydrogens (tertiary/aromatic N) is 1. The number of benzene rings is 1. The molecule has 4 N–H and O–H groups in total. The third-order valence-corrected chi connectivity index (χ3v) is 5.25. The number of nitrogens with one attached hydrogen (secondary N) is 2. The number of rotatable bonds is 5. The summed E-state index contributed by atoms with van der Waals surface area (Å²) in [6.07, 6.45) is 0. The van der Waals surface area contributed by atoms with Crippen molar-refractivity contribution in [3.63, 3.8) is 0 Å². The quantitative estimate of drug-likeness (QED) is 0.608. The van der Waals surface area contributed by atoms with Crippen molar-refractivity contribution >= 4 is 50.9 Å². The first-order valence-electron chi connectivity index (χ1n) is 7.25. The Morgan fingerprint density at radius 3 is 2.92 bits per heavy atom. The minimum Gasteiger partial charge on any atom is -0.366 e. The maximum atomic E-state index is 12.3. The number of nitrogens with two attached hydrogens (primary N) is 1. The van der Waals surface area contributed by atoms with Crippen molar-refractivity contribution < 1.29 is 9.59 Å². The molecule has 0 aliphatic carbocycles. The van der Waals surface area contributed by atoms with Crippen LogP contribution in [0.25, 0.3) is 11.0 Å². The topological polar surface area (TPSA) is 101 Å². The maximum Gasteiger partial charge on any atom is 0.251 e. The van der Waals surface area contributed by atoms with Crippen molar-refractivity contribution in [2.45, 2.75) is 24.3 Å². The highest BCUT2D eigenvalue weighted by Crippen LogP contribution is 2.27. The molecular formula is C16H16N4O2S2. The molecule has 8 heteroatoms. The predicted molar refractivity (Wildman–Crippen MR) is 97.6 cm³/mol. The van der Waals surface area contributed by atoms with Gasteiger partial charge in [0.05, 0.1) is 21.8 Å². The highest BCUT2D eigenvalue weighted by Gasteiger charge is 2.19. The molecule has 3 rings (SSSR count). The molecule has 2 heterocycles. The first-order valence-corrected chi connectivity index (χ1v) is 9.01. The van der Waals surface area contributed by atoms with Crippen LogP contribution in [0.2, 0.25) is 0 Å². The summed E-state index contributed by atoms with van der Waals surface area (Å²) in [5, 5.41) is 5.24. The molecule has 2 aromatic heterocycles. The van der Waals surface area contributed by atoms with Crippen LogP contribution in [0.3, 0.4) is 0 Å². The van der Waals surface area contributed by atoms with E-state index in [-0.39, 0.29) is 11.2 Å². The van der Waals surface area contributed by atoms with Crippen molar-refractivity contribution in [3.05, 3.63) is 40.8 Å². The van der Waals surface area contributed by atoms with E-state index >= 15 is 0 Å². The second-order valence-corrected chi connectivity index (χ2v) is 7.59. The van der Waals surface area contributed by atoms with Gasteiger partial charge in [-0.05, 0) is 43.0 Å². The average molecular weight is 360 g/mol. The number of aryl methyl sites for hydroxylation is 1. The van der Waals surface area contributed by atoms with Crippen molar-refractivity contribution in [2.24, 2.45) is 5.73 Å². The van der Waals surface area contributed by atoms with Gasteiger partial charge in [-0.1, -0.05) is 17.8 Å². The van der Waals surface area contributed by atoms with E-state index in [2.05, 4.69) is 15.3 Å². The largest absolute Gasteiger partial charge is 0.366 e. The van der Waals surface area contributed by atoms with Crippen molar-refractivity contribution in [1.29, 1.82) is 0 Å². The maximum absolute atomic E-state index is 12.3. The van der Waals surface area contributed by atoms with Crippen molar-refractivity contribution in [2.75, 3.05) is 5.32 Å². The summed E-state index contributed by atoms with van der Waals surface area (Å²) in [6.45, 7) is 3.80. The summed E-state index contributed by atoms with van der Waals surface area (Å²) in [5.41, 5.74) is 8.56. The molecule has 0 spiro atoms. The van der Waals surface area contributed by atoms with Gasteiger partial charge in [0.25, 0.3) is 5.91 Å². The monoisotopic (exact) mass is 360 g/mol. The van der Waals surface area contributed by atoms with E-state index in [9.17, 15) is 9.59 Å². The van der Waals surface area contributed by atoms with E-state index in [1.165, 1.54) is 23.1 Å². The number of anilines is 1. The number of carbonyl (C=O) groups is 2. The fourth-order valence-electron chi connectivity index (χ4n) is 2.19. The Kier molecular flexibility index (Phi) is 4.59. The van der Waals surface area contributed by atoms with E-state index in [1.807, 2.05) is 25.1 Å². The summed E-state index contributed by atoms with van der Waals surface area (Å²) < 4.78 is 0. The molecule has 0 unspecified atom stereocenters. The molecule has 0 aliphatic heterocycles. The predicted octanol–water partition coefficient (Wildman–Crippen LogP) is 3.15. The molecule has 1 aromatic carbocycles. The Balaban J connectivity index is 1.71. The summed E-state index contributed by atoms with van der Waals surface area (Å²) in [5.74, 6) is -0.763. The third-order valence-electron chi connectivity index (χ3n) is 3.44. The van der Waals surface area contributed by atoms with Crippen LogP contribution in [0.5, 0.6) is 0 Å². The molecule has 0 saturated carbocycles. The smallest absolute Gasteiger partial charge is 0.251 e. The molecule has 6 nitrogen and oxygen atoms in total. The van der Waals surface area contributed by atoms with E-state index < -0.39 is 5.91 Å². The molecule has 124 valence electrons. The second kappa shape index (κ2) is 6.66. The fourth-order valence-corrected chi connectivity index (χ4v) is 3.81. The normalized spacial score (nSPS) is 12.2. The average Bonchev–Trinajstić information content (AvgIpc) is 3.12. The van der Waals surface area contributed by atoms with Crippen LogP contribution in [0.1, 0.15) is 22.8 Å². The van der Waals surface area contributed by atoms with Gasteiger partial charge in [0.15, 0.2) is 5.16 Å². The highest BCUT2D eigenvalue weighted by molar-refractivity contribution is 8.00. The minimum atomic E-state index is -0.556. The van der Waals surface area contributed by atoms with Crippen LogP contribution >= 0.6 is 23.1 Å². The number of thiophene rings is 1. The fraction of sp³-hybridized carbons (Fsp3) is 0.188. The van der Waals surface area contributed by atoms with Crippen LogP contribution in [0, 0.1) is 6.92 Å². The number of hydrogen-bond donors (Lipinski definition) is 3. The zero-order chi connectivity index (χ0) is 17.3. The van der Waals surface area contributed by atoms with E-state index in [0.717, 1.165) is 16.6 Å². The SMILES string of the molecule is Cc1ccc2nc(S[C@@H](C)C(=O)Nc3sccc3C(N)=O)[nH]c2c1. The highest BCUT2D eigenvalue weighted by atomic mass is 32.2. The second-order valence-electron chi connectivity index (χ2n) is 5.34. The molecule has 0 saturated heterocycles. The van der Waals surface area contributed by atoms with Crippen LogP contribution in [0.4, 0.5) is 5.00 Å². The standard InChI is InChI=1S/C16H16N4O2S2/c1-8-3-4-11-12(7-8)19-16(18-11)24-9(2)14(22)20-15-10(13(17)21)5-6-23-15/h3-7,9H,1-2H3,(H2,17,21)(H,18,19)(H,20,22)/t9-/m0/s1. The van der Waals surface area contributed by atoms with Crippen LogP contribution in [-0.2, 0) is 4.79 Å². The third kappa shape index (κ3) is 3.44. The molecule has 0 radical (unpaired) electrons. The van der Waals surface area contributed by atoms with Crippen LogP contribution < -0.4 is 11.1 Å². The van der Waals surface area contributed by atoms with Gasteiger partial charge in [-0.2, -0.15) is 0 Å². The van der Waals surface area contributed by atoms with Gasteiger partial charge in [-0.3, -0.25) is 9.59 Å². The van der Waals surface area contributed by atoms with Crippen LogP contribution in [-0.4, -0.2) is 27.0 Å². The van der Waals surface area contributed by atoms with Gasteiger partial charge in [-0.25, -0.2) is 4.98 Å².